The molecule has 0 saturated carbocycles. The summed E-state index contributed by atoms with van der Waals surface area (Å²) in [5, 5.41) is 4.25. The minimum Gasteiger partial charge on any atom is -0.496 e. The SMILES string of the molecule is CCOC(=O)C(N)Cc1ccc(OC)c(Cn2cc(Br)cn2)c1. The molecular formula is C16H20BrN3O3. The maximum absolute atomic E-state index is 11.7. The van der Waals surface area contributed by atoms with Crippen molar-refractivity contribution in [2.75, 3.05) is 13.7 Å². The smallest absolute Gasteiger partial charge is 0.323 e. The Morgan fingerprint density at radius 2 is 2.26 bits per heavy atom. The van der Waals surface area contributed by atoms with E-state index in [0.717, 1.165) is 21.3 Å². The lowest BCUT2D eigenvalue weighted by atomic mass is 10.0. The number of nitrogens with two attached hydrogens (primary N) is 1. The molecule has 0 bridgehead atoms. The molecule has 0 fully saturated rings. The van der Waals surface area contributed by atoms with Crippen molar-refractivity contribution >= 4 is 21.9 Å². The average Bonchev–Trinajstić information content (AvgIpc) is 2.93. The number of ether oxygens (including phenoxy) is 2. The summed E-state index contributed by atoms with van der Waals surface area (Å²) in [4.78, 5) is 11.7. The second-order valence-corrected chi connectivity index (χ2v) is 5.98. The summed E-state index contributed by atoms with van der Waals surface area (Å²) >= 11 is 3.38. The molecule has 1 aromatic carbocycles. The van der Waals surface area contributed by atoms with Crippen LogP contribution in [-0.2, 0) is 22.5 Å². The van der Waals surface area contributed by atoms with E-state index in [9.17, 15) is 4.79 Å². The fourth-order valence-electron chi connectivity index (χ4n) is 2.27. The third-order valence-electron chi connectivity index (χ3n) is 3.32. The monoisotopic (exact) mass is 381 g/mol. The number of hydrogen-bond donors (Lipinski definition) is 1. The zero-order valence-electron chi connectivity index (χ0n) is 13.2. The van der Waals surface area contributed by atoms with Crippen LogP contribution in [0.4, 0.5) is 0 Å². The molecule has 0 saturated heterocycles. The molecule has 1 heterocycles. The molecule has 1 atom stereocenters. The third-order valence-corrected chi connectivity index (χ3v) is 3.73. The summed E-state index contributed by atoms with van der Waals surface area (Å²) in [6, 6.07) is 5.09. The predicted octanol–water partition coefficient (Wildman–Crippen LogP) is 2.14. The van der Waals surface area contributed by atoms with Crippen LogP contribution in [0.15, 0.2) is 35.1 Å². The van der Waals surface area contributed by atoms with E-state index in [4.69, 9.17) is 15.2 Å². The molecule has 124 valence electrons. The molecule has 1 unspecified atom stereocenters. The van der Waals surface area contributed by atoms with Crippen LogP contribution < -0.4 is 10.5 Å². The van der Waals surface area contributed by atoms with Gasteiger partial charge in [0.15, 0.2) is 0 Å². The first-order valence-electron chi connectivity index (χ1n) is 7.29. The molecule has 0 radical (unpaired) electrons. The largest absolute Gasteiger partial charge is 0.496 e. The van der Waals surface area contributed by atoms with Gasteiger partial charge < -0.3 is 15.2 Å². The van der Waals surface area contributed by atoms with Gasteiger partial charge in [-0.15, -0.1) is 0 Å². The van der Waals surface area contributed by atoms with Crippen molar-refractivity contribution < 1.29 is 14.3 Å². The van der Waals surface area contributed by atoms with Crippen LogP contribution in [0.1, 0.15) is 18.1 Å². The van der Waals surface area contributed by atoms with Gasteiger partial charge in [-0.1, -0.05) is 12.1 Å². The predicted molar refractivity (Wildman–Crippen MR) is 90.3 cm³/mol. The Hall–Kier alpha value is -1.86. The van der Waals surface area contributed by atoms with E-state index in [1.54, 1.807) is 24.9 Å². The molecule has 2 aromatic rings. The van der Waals surface area contributed by atoms with E-state index < -0.39 is 6.04 Å². The first-order chi connectivity index (χ1) is 11.0. The summed E-state index contributed by atoms with van der Waals surface area (Å²) in [6.07, 6.45) is 4.03. The van der Waals surface area contributed by atoms with Crippen LogP contribution in [0.2, 0.25) is 0 Å². The number of benzene rings is 1. The number of methoxy groups -OCH3 is 1. The highest BCUT2D eigenvalue weighted by Gasteiger charge is 2.16. The van der Waals surface area contributed by atoms with E-state index in [1.807, 2.05) is 24.4 Å². The van der Waals surface area contributed by atoms with Gasteiger partial charge >= 0.3 is 5.97 Å². The Balaban J connectivity index is 2.16. The molecule has 0 spiro atoms. The number of halogens is 1. The summed E-state index contributed by atoms with van der Waals surface area (Å²) in [6.45, 7) is 2.66. The number of carbonyl (C=O) groups is 1. The van der Waals surface area contributed by atoms with Crippen LogP contribution in [0.25, 0.3) is 0 Å². The second kappa shape index (κ2) is 8.12. The van der Waals surface area contributed by atoms with Crippen molar-refractivity contribution in [2.24, 2.45) is 5.73 Å². The summed E-state index contributed by atoms with van der Waals surface area (Å²) < 4.78 is 13.1. The number of rotatable bonds is 7. The van der Waals surface area contributed by atoms with Crippen molar-refractivity contribution in [2.45, 2.75) is 25.9 Å². The molecule has 23 heavy (non-hydrogen) atoms. The Bertz CT molecular complexity index is 672. The highest BCUT2D eigenvalue weighted by Crippen LogP contribution is 2.22. The standard InChI is InChI=1S/C16H20BrN3O3/c1-3-23-16(21)14(18)7-11-4-5-15(22-2)12(6-11)9-20-10-13(17)8-19-20/h4-6,8,10,14H,3,7,9,18H2,1-2H3. The lowest BCUT2D eigenvalue weighted by Gasteiger charge is -2.14. The van der Waals surface area contributed by atoms with Gasteiger partial charge in [0.05, 0.1) is 30.9 Å². The Morgan fingerprint density at radius 1 is 1.48 bits per heavy atom. The van der Waals surface area contributed by atoms with Crippen molar-refractivity contribution in [3.8, 4) is 5.75 Å². The molecule has 0 aliphatic rings. The van der Waals surface area contributed by atoms with Crippen molar-refractivity contribution in [1.82, 2.24) is 9.78 Å². The maximum atomic E-state index is 11.7. The molecule has 0 aliphatic carbocycles. The van der Waals surface area contributed by atoms with Crippen LogP contribution in [0, 0.1) is 0 Å². The zero-order valence-corrected chi connectivity index (χ0v) is 14.7. The van der Waals surface area contributed by atoms with Gasteiger partial charge in [-0.3, -0.25) is 9.48 Å². The van der Waals surface area contributed by atoms with Gasteiger partial charge in [0, 0.05) is 11.8 Å². The summed E-state index contributed by atoms with van der Waals surface area (Å²) in [5.41, 5.74) is 7.80. The van der Waals surface area contributed by atoms with Gasteiger partial charge in [-0.2, -0.15) is 5.10 Å². The molecule has 1 aromatic heterocycles. The number of aromatic nitrogens is 2. The van der Waals surface area contributed by atoms with E-state index in [0.29, 0.717) is 19.6 Å². The number of nitrogens with zero attached hydrogens (tertiary/aromatic N) is 2. The molecule has 2 N–H and O–H groups in total. The fourth-order valence-corrected chi connectivity index (χ4v) is 2.60. The summed E-state index contributed by atoms with van der Waals surface area (Å²) in [7, 11) is 1.63. The molecule has 6 nitrogen and oxygen atoms in total. The van der Waals surface area contributed by atoms with Crippen LogP contribution in [-0.4, -0.2) is 35.5 Å². The average molecular weight is 382 g/mol. The zero-order chi connectivity index (χ0) is 16.8. The Morgan fingerprint density at radius 3 is 2.87 bits per heavy atom. The lowest BCUT2D eigenvalue weighted by Crippen LogP contribution is -2.34. The van der Waals surface area contributed by atoms with Gasteiger partial charge in [-0.25, -0.2) is 0 Å². The Kier molecular flexibility index (Phi) is 6.18. The first kappa shape index (κ1) is 17.5. The van der Waals surface area contributed by atoms with Gasteiger partial charge in [-0.05, 0) is 40.9 Å². The summed E-state index contributed by atoms with van der Waals surface area (Å²) in [5.74, 6) is 0.381. The van der Waals surface area contributed by atoms with Crippen LogP contribution in [0.5, 0.6) is 5.75 Å². The normalized spacial score (nSPS) is 12.0. The van der Waals surface area contributed by atoms with E-state index >= 15 is 0 Å². The highest BCUT2D eigenvalue weighted by molar-refractivity contribution is 9.10. The molecule has 7 heteroatoms. The van der Waals surface area contributed by atoms with Crippen molar-refractivity contribution in [1.29, 1.82) is 0 Å². The van der Waals surface area contributed by atoms with Crippen LogP contribution in [0.3, 0.4) is 0 Å². The fraction of sp³-hybridized carbons (Fsp3) is 0.375. The van der Waals surface area contributed by atoms with Crippen molar-refractivity contribution in [3.05, 3.63) is 46.2 Å². The highest BCUT2D eigenvalue weighted by atomic mass is 79.9. The van der Waals surface area contributed by atoms with E-state index in [1.165, 1.54) is 0 Å². The number of hydrogen-bond acceptors (Lipinski definition) is 5. The minimum absolute atomic E-state index is 0.328. The second-order valence-electron chi connectivity index (χ2n) is 5.06. The van der Waals surface area contributed by atoms with E-state index in [-0.39, 0.29) is 5.97 Å². The molecule has 0 amide bonds. The van der Waals surface area contributed by atoms with Gasteiger partial charge in [0.25, 0.3) is 0 Å². The van der Waals surface area contributed by atoms with Gasteiger partial charge in [0.2, 0.25) is 0 Å². The quantitative estimate of drug-likeness (QED) is 0.743. The lowest BCUT2D eigenvalue weighted by molar-refractivity contribution is -0.144. The third kappa shape index (κ3) is 4.80. The maximum Gasteiger partial charge on any atom is 0.323 e. The van der Waals surface area contributed by atoms with E-state index in [2.05, 4.69) is 21.0 Å². The topological polar surface area (TPSA) is 79.4 Å². The molecular weight excluding hydrogens is 362 g/mol. The number of esters is 1. The Labute approximate surface area is 143 Å². The van der Waals surface area contributed by atoms with Crippen molar-refractivity contribution in [3.63, 3.8) is 0 Å². The molecule has 0 aliphatic heterocycles. The first-order valence-corrected chi connectivity index (χ1v) is 8.08. The minimum atomic E-state index is -0.671. The van der Waals surface area contributed by atoms with Gasteiger partial charge in [0.1, 0.15) is 11.8 Å². The number of carbonyl (C=O) groups excluding carboxylic acids is 1. The molecule has 2 rings (SSSR count). The van der Waals surface area contributed by atoms with Crippen LogP contribution >= 0.6 is 15.9 Å².